The van der Waals surface area contributed by atoms with E-state index in [1.807, 2.05) is 32.0 Å². The molecule has 1 atom stereocenters. The van der Waals surface area contributed by atoms with Crippen LogP contribution in [0.2, 0.25) is 0 Å². The summed E-state index contributed by atoms with van der Waals surface area (Å²) in [6, 6.07) is 16.6. The number of para-hydroxylation sites is 1. The van der Waals surface area contributed by atoms with Gasteiger partial charge in [-0.25, -0.2) is 0 Å². The number of anilines is 1. The van der Waals surface area contributed by atoms with Crippen LogP contribution < -0.4 is 9.64 Å². The fraction of sp³-hybridized carbons (Fsp3) is 0.231. The molecule has 174 valence electrons. The molecule has 3 aromatic rings. The molecule has 0 spiro atoms. The first-order valence-corrected chi connectivity index (χ1v) is 10.7. The van der Waals surface area contributed by atoms with E-state index in [2.05, 4.69) is 0 Å². The number of nitro groups is 1. The topological polar surface area (TPSA) is 110 Å². The lowest BCUT2D eigenvalue weighted by Crippen LogP contribution is -2.41. The molecule has 3 aromatic carbocycles. The number of nitrogens with zero attached hydrogens (tertiary/aromatic N) is 2. The molecule has 1 N–H and O–H groups in total. The zero-order chi connectivity index (χ0) is 24.6. The Bertz CT molecular complexity index is 1320. The Morgan fingerprint density at radius 3 is 2.56 bits per heavy atom. The minimum atomic E-state index is -2.08. The van der Waals surface area contributed by atoms with Crippen LogP contribution in [0.5, 0.6) is 5.75 Å². The van der Waals surface area contributed by atoms with E-state index < -0.39 is 28.6 Å². The van der Waals surface area contributed by atoms with Gasteiger partial charge in [0.05, 0.1) is 30.7 Å². The van der Waals surface area contributed by atoms with Crippen LogP contribution in [-0.2, 0) is 16.9 Å². The quantitative estimate of drug-likeness (QED) is 0.321. The molecule has 0 aliphatic carbocycles. The number of carbonyl (C=O) groups is 2. The minimum Gasteiger partial charge on any atom is -0.490 e. The average molecular weight is 460 g/mol. The maximum atomic E-state index is 13.5. The number of benzene rings is 3. The highest BCUT2D eigenvalue weighted by molar-refractivity contribution is 6.10. The van der Waals surface area contributed by atoms with Crippen molar-refractivity contribution >= 4 is 23.1 Å². The van der Waals surface area contributed by atoms with Crippen LogP contribution in [0.25, 0.3) is 0 Å². The lowest BCUT2D eigenvalue weighted by atomic mass is 9.88. The molecule has 34 heavy (non-hydrogen) atoms. The van der Waals surface area contributed by atoms with Gasteiger partial charge in [0, 0.05) is 17.2 Å². The fourth-order valence-corrected chi connectivity index (χ4v) is 4.32. The smallest absolute Gasteiger partial charge is 0.311 e. The van der Waals surface area contributed by atoms with Gasteiger partial charge in [-0.3, -0.25) is 19.7 Å². The maximum Gasteiger partial charge on any atom is 0.311 e. The van der Waals surface area contributed by atoms with E-state index in [9.17, 15) is 24.8 Å². The second-order valence-electron chi connectivity index (χ2n) is 8.44. The molecule has 0 unspecified atom stereocenters. The zero-order valence-corrected chi connectivity index (χ0v) is 19.1. The summed E-state index contributed by atoms with van der Waals surface area (Å²) in [5.41, 5.74) is 1.42. The van der Waals surface area contributed by atoms with E-state index in [4.69, 9.17) is 4.74 Å². The van der Waals surface area contributed by atoms with Crippen LogP contribution in [0.3, 0.4) is 0 Å². The number of carbonyl (C=O) groups excluding carboxylic acids is 2. The number of fused-ring (bicyclic) bond motifs is 1. The summed E-state index contributed by atoms with van der Waals surface area (Å²) >= 11 is 0. The van der Waals surface area contributed by atoms with Crippen molar-refractivity contribution < 1.29 is 24.4 Å². The molecule has 0 bridgehead atoms. The van der Waals surface area contributed by atoms with Crippen molar-refractivity contribution in [3.63, 3.8) is 0 Å². The van der Waals surface area contributed by atoms with Crippen molar-refractivity contribution in [3.8, 4) is 5.75 Å². The van der Waals surface area contributed by atoms with E-state index >= 15 is 0 Å². The normalized spacial score (nSPS) is 16.9. The van der Waals surface area contributed by atoms with Gasteiger partial charge in [-0.1, -0.05) is 42.0 Å². The summed E-state index contributed by atoms with van der Waals surface area (Å²) in [4.78, 5) is 38.8. The maximum absolute atomic E-state index is 13.5. The molecule has 0 radical (unpaired) electrons. The Labute approximate surface area is 196 Å². The number of hydrogen-bond acceptors (Lipinski definition) is 6. The second kappa shape index (κ2) is 8.72. The largest absolute Gasteiger partial charge is 0.490 e. The molecule has 0 aromatic heterocycles. The standard InChI is InChI=1S/C26H24N2O6/c1-16-8-9-17(2)19(12-16)15-27-21-7-5-4-6-20(21)26(31,25(27)30)14-23(29)18-10-11-24(34-3)22(13-18)28(32)33/h4-13,31H,14-15H2,1-3H3/t26-/m0/s1. The Kier molecular flexibility index (Phi) is 5.93. The van der Waals surface area contributed by atoms with Crippen molar-refractivity contribution in [2.45, 2.75) is 32.4 Å². The number of rotatable bonds is 7. The average Bonchev–Trinajstić information content (AvgIpc) is 3.02. The van der Waals surface area contributed by atoms with Crippen LogP contribution in [0.4, 0.5) is 11.4 Å². The number of ketones is 1. The number of amides is 1. The van der Waals surface area contributed by atoms with Crippen molar-refractivity contribution in [1.29, 1.82) is 0 Å². The molecule has 0 saturated heterocycles. The number of hydrogen-bond donors (Lipinski definition) is 1. The van der Waals surface area contributed by atoms with E-state index in [1.165, 1.54) is 24.1 Å². The summed E-state index contributed by atoms with van der Waals surface area (Å²) in [6.45, 7) is 4.16. The van der Waals surface area contributed by atoms with Crippen molar-refractivity contribution in [1.82, 2.24) is 0 Å². The fourth-order valence-electron chi connectivity index (χ4n) is 4.32. The van der Waals surface area contributed by atoms with Gasteiger partial charge >= 0.3 is 5.69 Å². The van der Waals surface area contributed by atoms with Crippen molar-refractivity contribution in [3.05, 3.63) is 98.6 Å². The van der Waals surface area contributed by atoms with Crippen molar-refractivity contribution in [2.24, 2.45) is 0 Å². The number of aliphatic hydroxyl groups is 1. The van der Waals surface area contributed by atoms with Gasteiger partial charge in [-0.05, 0) is 43.2 Å². The molecule has 8 nitrogen and oxygen atoms in total. The highest BCUT2D eigenvalue weighted by atomic mass is 16.6. The Balaban J connectivity index is 1.69. The molecule has 1 aliphatic heterocycles. The third-order valence-corrected chi connectivity index (χ3v) is 6.19. The number of ether oxygens (including phenoxy) is 1. The summed E-state index contributed by atoms with van der Waals surface area (Å²) in [6.07, 6.45) is -0.546. The SMILES string of the molecule is COc1ccc(C(=O)C[C@@]2(O)C(=O)N(Cc3cc(C)ccc3C)c3ccccc32)cc1[N+](=O)[O-]. The molecule has 0 saturated carbocycles. The third-order valence-electron chi connectivity index (χ3n) is 6.19. The van der Waals surface area contributed by atoms with Crippen LogP contribution in [0.15, 0.2) is 60.7 Å². The van der Waals surface area contributed by atoms with Crippen LogP contribution >= 0.6 is 0 Å². The first-order chi connectivity index (χ1) is 16.2. The third kappa shape index (κ3) is 3.92. The van der Waals surface area contributed by atoms with Crippen LogP contribution in [0, 0.1) is 24.0 Å². The molecule has 1 aliphatic rings. The monoisotopic (exact) mass is 460 g/mol. The number of nitro benzene ring substituents is 1. The lowest BCUT2D eigenvalue weighted by molar-refractivity contribution is -0.385. The molecular formula is C26H24N2O6. The Hall–Kier alpha value is -4.04. The number of Topliss-reactive ketones (excluding diaryl/α,β-unsaturated/α-hetero) is 1. The molecular weight excluding hydrogens is 436 g/mol. The lowest BCUT2D eigenvalue weighted by Gasteiger charge is -2.23. The first-order valence-electron chi connectivity index (χ1n) is 10.7. The van der Waals surface area contributed by atoms with Gasteiger partial charge in [0.1, 0.15) is 0 Å². The number of methoxy groups -OCH3 is 1. The van der Waals surface area contributed by atoms with Gasteiger partial charge in [-0.2, -0.15) is 0 Å². The Morgan fingerprint density at radius 2 is 1.85 bits per heavy atom. The molecule has 8 heteroatoms. The highest BCUT2D eigenvalue weighted by Crippen LogP contribution is 2.44. The van der Waals surface area contributed by atoms with Gasteiger partial charge in [0.2, 0.25) is 0 Å². The van der Waals surface area contributed by atoms with Crippen molar-refractivity contribution in [2.75, 3.05) is 12.0 Å². The van der Waals surface area contributed by atoms with Crippen LogP contribution in [0.1, 0.15) is 39.0 Å². The Morgan fingerprint density at radius 1 is 1.12 bits per heavy atom. The molecule has 4 rings (SSSR count). The zero-order valence-electron chi connectivity index (χ0n) is 19.1. The van der Waals surface area contributed by atoms with E-state index in [-0.39, 0.29) is 23.5 Å². The molecule has 1 heterocycles. The molecule has 1 amide bonds. The summed E-state index contributed by atoms with van der Waals surface area (Å²) in [7, 11) is 1.30. The second-order valence-corrected chi connectivity index (χ2v) is 8.44. The van der Waals surface area contributed by atoms with Gasteiger partial charge in [0.15, 0.2) is 17.1 Å². The summed E-state index contributed by atoms with van der Waals surface area (Å²) in [5, 5.41) is 22.9. The predicted octanol–water partition coefficient (Wildman–Crippen LogP) is 4.23. The molecule has 0 fully saturated rings. The summed E-state index contributed by atoms with van der Waals surface area (Å²) < 4.78 is 4.98. The van der Waals surface area contributed by atoms with Gasteiger partial charge in [0.25, 0.3) is 5.91 Å². The van der Waals surface area contributed by atoms with Crippen LogP contribution in [-0.4, -0.2) is 28.8 Å². The number of aryl methyl sites for hydroxylation is 2. The van der Waals surface area contributed by atoms with E-state index in [0.29, 0.717) is 11.3 Å². The van der Waals surface area contributed by atoms with Gasteiger partial charge < -0.3 is 14.7 Å². The first kappa shape index (κ1) is 23.1. The minimum absolute atomic E-state index is 0.0131. The summed E-state index contributed by atoms with van der Waals surface area (Å²) in [5.74, 6) is -1.18. The van der Waals surface area contributed by atoms with Gasteiger partial charge in [-0.15, -0.1) is 0 Å². The van der Waals surface area contributed by atoms with E-state index in [0.717, 1.165) is 22.8 Å². The highest BCUT2D eigenvalue weighted by Gasteiger charge is 2.50. The van der Waals surface area contributed by atoms with E-state index in [1.54, 1.807) is 24.3 Å². The predicted molar refractivity (Wildman–Crippen MR) is 126 cm³/mol.